The minimum Gasteiger partial charge on any atom is -0.336 e. The van der Waals surface area contributed by atoms with Gasteiger partial charge in [-0.2, -0.15) is 0 Å². The number of hydrogen-bond acceptors (Lipinski definition) is 4. The summed E-state index contributed by atoms with van der Waals surface area (Å²) in [5.74, 6) is 0.292. The van der Waals surface area contributed by atoms with E-state index in [0.717, 1.165) is 61.5 Å². The molecule has 0 spiro atoms. The highest BCUT2D eigenvalue weighted by atomic mass is 16.2. The lowest BCUT2D eigenvalue weighted by Gasteiger charge is -2.41. The molecule has 1 saturated heterocycles. The Morgan fingerprint density at radius 1 is 0.909 bits per heavy atom. The number of fused-ring (bicyclic) bond motifs is 1. The van der Waals surface area contributed by atoms with Gasteiger partial charge < -0.3 is 20.0 Å². The first-order valence-electron chi connectivity index (χ1n) is 11.8. The van der Waals surface area contributed by atoms with Crippen molar-refractivity contribution in [3.05, 3.63) is 48.0 Å². The van der Waals surface area contributed by atoms with Crippen molar-refractivity contribution in [2.45, 2.75) is 32.7 Å². The third-order valence-electron chi connectivity index (χ3n) is 6.81. The van der Waals surface area contributed by atoms with Crippen molar-refractivity contribution in [1.82, 2.24) is 10.2 Å². The van der Waals surface area contributed by atoms with Crippen molar-refractivity contribution in [2.75, 3.05) is 42.5 Å². The summed E-state index contributed by atoms with van der Waals surface area (Å²) in [6.07, 6.45) is 1.88. The number of amides is 3. The number of nitrogens with one attached hydrogen (secondary N) is 1. The van der Waals surface area contributed by atoms with Gasteiger partial charge in [-0.1, -0.05) is 18.2 Å². The van der Waals surface area contributed by atoms with Gasteiger partial charge in [0.25, 0.3) is 5.91 Å². The smallest absolute Gasteiger partial charge is 0.253 e. The van der Waals surface area contributed by atoms with Gasteiger partial charge in [0.1, 0.15) is 0 Å². The van der Waals surface area contributed by atoms with E-state index in [9.17, 15) is 14.4 Å². The molecule has 5 rings (SSSR count). The fraction of sp³-hybridized carbons (Fsp3) is 0.423. The van der Waals surface area contributed by atoms with Gasteiger partial charge in [-0.05, 0) is 55.2 Å². The second-order valence-corrected chi connectivity index (χ2v) is 9.28. The van der Waals surface area contributed by atoms with Crippen LogP contribution in [-0.2, 0) is 9.59 Å². The van der Waals surface area contributed by atoms with Gasteiger partial charge >= 0.3 is 0 Å². The molecule has 1 atom stereocenters. The minimum absolute atomic E-state index is 0.0224. The Hall–Kier alpha value is -3.19. The molecule has 172 valence electrons. The molecule has 3 amide bonds. The number of carbonyl (C=O) groups excluding carboxylic acids is 3. The maximum atomic E-state index is 13.0. The summed E-state index contributed by atoms with van der Waals surface area (Å²) in [6, 6.07) is 13.5. The summed E-state index contributed by atoms with van der Waals surface area (Å²) in [4.78, 5) is 43.7. The third kappa shape index (κ3) is 4.13. The lowest BCUT2D eigenvalue weighted by Crippen LogP contribution is -2.51. The van der Waals surface area contributed by atoms with Gasteiger partial charge in [-0.3, -0.25) is 14.4 Å². The predicted octanol–water partition coefficient (Wildman–Crippen LogP) is 2.90. The fourth-order valence-corrected chi connectivity index (χ4v) is 4.90. The van der Waals surface area contributed by atoms with Crippen molar-refractivity contribution in [2.24, 2.45) is 5.92 Å². The molecule has 2 fully saturated rings. The van der Waals surface area contributed by atoms with Crippen LogP contribution in [0.5, 0.6) is 0 Å². The molecule has 1 saturated carbocycles. The zero-order valence-electron chi connectivity index (χ0n) is 19.2. The minimum atomic E-state index is -0.0705. The molecule has 0 radical (unpaired) electrons. The molecular formula is C26H30N4O3. The molecular weight excluding hydrogens is 416 g/mol. The number of anilines is 2. The second kappa shape index (κ2) is 8.63. The maximum absolute atomic E-state index is 13.0. The topological polar surface area (TPSA) is 73.0 Å². The van der Waals surface area contributed by atoms with Crippen molar-refractivity contribution in [3.8, 4) is 11.1 Å². The number of carbonyl (C=O) groups is 3. The first kappa shape index (κ1) is 21.6. The van der Waals surface area contributed by atoms with Crippen molar-refractivity contribution in [1.29, 1.82) is 0 Å². The number of piperazine rings is 1. The van der Waals surface area contributed by atoms with E-state index in [1.165, 1.54) is 0 Å². The molecule has 7 heteroatoms. The van der Waals surface area contributed by atoms with E-state index < -0.39 is 0 Å². The van der Waals surface area contributed by atoms with Crippen LogP contribution in [0.25, 0.3) is 11.1 Å². The Balaban J connectivity index is 1.46. The number of hydrogen-bond donors (Lipinski definition) is 1. The SMILES string of the molecule is CC(=O)N1c2ccc(-c3ccc(C(=O)N4CCNCC4)cc3)cc2N(C(=O)C2CC2)C[C@@H]1C. The molecule has 0 unspecified atom stereocenters. The van der Waals surface area contributed by atoms with Crippen LogP contribution in [0, 0.1) is 5.92 Å². The van der Waals surface area contributed by atoms with Crippen molar-refractivity contribution >= 4 is 29.1 Å². The predicted molar refractivity (Wildman–Crippen MR) is 128 cm³/mol. The van der Waals surface area contributed by atoms with Crippen LogP contribution >= 0.6 is 0 Å². The van der Waals surface area contributed by atoms with Crippen LogP contribution in [0.15, 0.2) is 42.5 Å². The number of rotatable bonds is 3. The molecule has 2 aromatic carbocycles. The van der Waals surface area contributed by atoms with E-state index in [4.69, 9.17) is 0 Å². The van der Waals surface area contributed by atoms with Crippen molar-refractivity contribution < 1.29 is 14.4 Å². The van der Waals surface area contributed by atoms with E-state index in [1.54, 1.807) is 11.8 Å². The first-order chi connectivity index (χ1) is 15.9. The van der Waals surface area contributed by atoms with Crippen LogP contribution in [0.3, 0.4) is 0 Å². The largest absolute Gasteiger partial charge is 0.336 e. The highest BCUT2D eigenvalue weighted by molar-refractivity contribution is 6.06. The average Bonchev–Trinajstić information content (AvgIpc) is 3.68. The van der Waals surface area contributed by atoms with Gasteiger partial charge in [0.2, 0.25) is 11.8 Å². The first-order valence-corrected chi connectivity index (χ1v) is 11.8. The van der Waals surface area contributed by atoms with Gasteiger partial charge in [-0.15, -0.1) is 0 Å². The molecule has 2 aliphatic heterocycles. The molecule has 33 heavy (non-hydrogen) atoms. The zero-order valence-corrected chi connectivity index (χ0v) is 19.2. The highest BCUT2D eigenvalue weighted by Gasteiger charge is 2.39. The van der Waals surface area contributed by atoms with Crippen LogP contribution in [0.2, 0.25) is 0 Å². The quantitative estimate of drug-likeness (QED) is 0.787. The van der Waals surface area contributed by atoms with Gasteiger partial charge in [0.05, 0.1) is 17.4 Å². The molecule has 1 aliphatic carbocycles. The van der Waals surface area contributed by atoms with Crippen LogP contribution in [0.1, 0.15) is 37.0 Å². The normalized spacial score (nSPS) is 20.4. The van der Waals surface area contributed by atoms with Crippen LogP contribution in [-0.4, -0.2) is 61.4 Å². The molecule has 0 bridgehead atoms. The van der Waals surface area contributed by atoms with Crippen molar-refractivity contribution in [3.63, 3.8) is 0 Å². The fourth-order valence-electron chi connectivity index (χ4n) is 4.90. The molecule has 2 aromatic rings. The summed E-state index contributed by atoms with van der Waals surface area (Å²) in [5.41, 5.74) is 4.19. The molecule has 2 heterocycles. The van der Waals surface area contributed by atoms with E-state index >= 15 is 0 Å². The summed E-state index contributed by atoms with van der Waals surface area (Å²) in [5, 5.41) is 3.27. The van der Waals surface area contributed by atoms with Crippen LogP contribution in [0.4, 0.5) is 11.4 Å². The highest BCUT2D eigenvalue weighted by Crippen LogP contribution is 2.42. The molecule has 1 N–H and O–H groups in total. The molecule has 3 aliphatic rings. The standard InChI is InChI=1S/C26H30N4O3/c1-17-16-29(26(33)21-7-8-21)24-15-22(9-10-23(24)30(17)18(2)31)19-3-5-20(6-4-19)25(32)28-13-11-27-12-14-28/h3-6,9-10,15,17,21,27H,7-8,11-14,16H2,1-2H3/t17-/m0/s1. The Morgan fingerprint density at radius 3 is 2.21 bits per heavy atom. The zero-order chi connectivity index (χ0) is 23.1. The Bertz CT molecular complexity index is 1090. The van der Waals surface area contributed by atoms with E-state index in [0.29, 0.717) is 12.1 Å². The lowest BCUT2D eigenvalue weighted by molar-refractivity contribution is -0.120. The summed E-state index contributed by atoms with van der Waals surface area (Å²) < 4.78 is 0. The Kier molecular flexibility index (Phi) is 5.66. The number of nitrogens with zero attached hydrogens (tertiary/aromatic N) is 3. The van der Waals surface area contributed by atoms with Gasteiger partial charge in [0.15, 0.2) is 0 Å². The van der Waals surface area contributed by atoms with Gasteiger partial charge in [-0.25, -0.2) is 0 Å². The average molecular weight is 447 g/mol. The van der Waals surface area contributed by atoms with Gasteiger partial charge in [0, 0.05) is 51.1 Å². The van der Waals surface area contributed by atoms with Crippen LogP contribution < -0.4 is 15.1 Å². The monoisotopic (exact) mass is 446 g/mol. The Labute approximate surface area is 194 Å². The second-order valence-electron chi connectivity index (χ2n) is 9.28. The van der Waals surface area contributed by atoms with E-state index in [1.807, 2.05) is 59.2 Å². The molecule has 7 nitrogen and oxygen atoms in total. The van der Waals surface area contributed by atoms with E-state index in [-0.39, 0.29) is 29.7 Å². The summed E-state index contributed by atoms with van der Waals surface area (Å²) in [7, 11) is 0. The summed E-state index contributed by atoms with van der Waals surface area (Å²) >= 11 is 0. The lowest BCUT2D eigenvalue weighted by atomic mass is 9.99. The summed E-state index contributed by atoms with van der Waals surface area (Å²) in [6.45, 7) is 7.16. The number of benzene rings is 2. The maximum Gasteiger partial charge on any atom is 0.253 e. The Morgan fingerprint density at radius 2 is 1.58 bits per heavy atom. The van der Waals surface area contributed by atoms with E-state index in [2.05, 4.69) is 5.32 Å². The third-order valence-corrected chi connectivity index (χ3v) is 6.81. The molecule has 0 aromatic heterocycles.